The van der Waals surface area contributed by atoms with E-state index in [0.717, 1.165) is 0 Å². The van der Waals surface area contributed by atoms with Crippen molar-refractivity contribution in [3.8, 4) is 0 Å². The highest BCUT2D eigenvalue weighted by atomic mass is 16.2. The average Bonchev–Trinajstić information content (AvgIpc) is 2.42. The molecular formula is C14H18N2O3. The SMILES string of the molecule is CC.CCC1(c2ccccc2)C(=O)NC(=O)NC1=O. The van der Waals surface area contributed by atoms with Crippen LogP contribution in [0, 0.1) is 0 Å². The van der Waals surface area contributed by atoms with Gasteiger partial charge in [0.15, 0.2) is 5.41 Å². The van der Waals surface area contributed by atoms with Crippen LogP contribution in [0.1, 0.15) is 32.8 Å². The smallest absolute Gasteiger partial charge is 0.277 e. The number of carbonyl (C=O) groups excluding carboxylic acids is 3. The second-order valence-electron chi connectivity index (χ2n) is 3.86. The van der Waals surface area contributed by atoms with Gasteiger partial charge in [-0.1, -0.05) is 51.1 Å². The molecule has 1 aliphatic rings. The minimum absolute atomic E-state index is 0.294. The van der Waals surface area contributed by atoms with Crippen molar-refractivity contribution in [2.45, 2.75) is 32.6 Å². The van der Waals surface area contributed by atoms with E-state index in [4.69, 9.17) is 0 Å². The highest BCUT2D eigenvalue weighted by Crippen LogP contribution is 2.30. The fourth-order valence-corrected chi connectivity index (χ4v) is 2.06. The molecule has 19 heavy (non-hydrogen) atoms. The lowest BCUT2D eigenvalue weighted by atomic mass is 9.75. The van der Waals surface area contributed by atoms with E-state index in [1.807, 2.05) is 13.8 Å². The maximum atomic E-state index is 12.0. The molecule has 1 heterocycles. The first-order valence-corrected chi connectivity index (χ1v) is 6.33. The summed E-state index contributed by atoms with van der Waals surface area (Å²) in [6.45, 7) is 5.74. The van der Waals surface area contributed by atoms with Gasteiger partial charge in [0.1, 0.15) is 0 Å². The number of urea groups is 1. The number of hydrogen-bond donors (Lipinski definition) is 2. The van der Waals surface area contributed by atoms with E-state index in [9.17, 15) is 14.4 Å². The Morgan fingerprint density at radius 3 is 1.84 bits per heavy atom. The highest BCUT2D eigenvalue weighted by Gasteiger charge is 2.50. The number of hydrogen-bond acceptors (Lipinski definition) is 3. The van der Waals surface area contributed by atoms with Crippen LogP contribution < -0.4 is 10.6 Å². The van der Waals surface area contributed by atoms with Gasteiger partial charge in [-0.15, -0.1) is 0 Å². The fraction of sp³-hybridized carbons (Fsp3) is 0.357. The molecule has 2 N–H and O–H groups in total. The summed E-state index contributed by atoms with van der Waals surface area (Å²) in [6, 6.07) is 7.96. The topological polar surface area (TPSA) is 75.3 Å². The fourth-order valence-electron chi connectivity index (χ4n) is 2.06. The molecule has 4 amide bonds. The van der Waals surface area contributed by atoms with Crippen LogP contribution in [-0.4, -0.2) is 17.8 Å². The van der Waals surface area contributed by atoms with Gasteiger partial charge in [0.25, 0.3) is 0 Å². The number of imide groups is 2. The predicted octanol–water partition coefficient (Wildman–Crippen LogP) is 1.73. The van der Waals surface area contributed by atoms with Crippen molar-refractivity contribution in [3.05, 3.63) is 35.9 Å². The van der Waals surface area contributed by atoms with Gasteiger partial charge in [-0.05, 0) is 12.0 Å². The molecule has 102 valence electrons. The molecule has 0 aliphatic carbocycles. The molecule has 1 saturated heterocycles. The lowest BCUT2D eigenvalue weighted by Gasteiger charge is -2.33. The number of barbiturate groups is 1. The third kappa shape index (κ3) is 2.50. The third-order valence-corrected chi connectivity index (χ3v) is 3.03. The zero-order valence-electron chi connectivity index (χ0n) is 11.3. The molecule has 1 fully saturated rings. The number of benzene rings is 1. The molecule has 0 radical (unpaired) electrons. The Morgan fingerprint density at radius 2 is 1.42 bits per heavy atom. The molecule has 1 aliphatic heterocycles. The van der Waals surface area contributed by atoms with Crippen molar-refractivity contribution in [2.24, 2.45) is 0 Å². The van der Waals surface area contributed by atoms with Crippen molar-refractivity contribution < 1.29 is 14.4 Å². The molecule has 0 saturated carbocycles. The summed E-state index contributed by atoms with van der Waals surface area (Å²) in [5, 5.41) is 4.28. The van der Waals surface area contributed by atoms with Crippen molar-refractivity contribution in [1.29, 1.82) is 0 Å². The summed E-state index contributed by atoms with van der Waals surface area (Å²) < 4.78 is 0. The van der Waals surface area contributed by atoms with Gasteiger partial charge < -0.3 is 0 Å². The normalized spacial score (nSPS) is 16.9. The Balaban J connectivity index is 0.000000861. The first-order valence-electron chi connectivity index (χ1n) is 6.33. The van der Waals surface area contributed by atoms with E-state index in [2.05, 4.69) is 10.6 Å². The van der Waals surface area contributed by atoms with Crippen LogP contribution in [0.5, 0.6) is 0 Å². The second-order valence-corrected chi connectivity index (χ2v) is 3.86. The monoisotopic (exact) mass is 262 g/mol. The predicted molar refractivity (Wildman–Crippen MR) is 71.4 cm³/mol. The van der Waals surface area contributed by atoms with Gasteiger partial charge in [0.05, 0.1) is 0 Å². The molecule has 5 heteroatoms. The van der Waals surface area contributed by atoms with Crippen molar-refractivity contribution in [2.75, 3.05) is 0 Å². The van der Waals surface area contributed by atoms with Gasteiger partial charge in [-0.2, -0.15) is 0 Å². The van der Waals surface area contributed by atoms with E-state index >= 15 is 0 Å². The Morgan fingerprint density at radius 1 is 0.947 bits per heavy atom. The van der Waals surface area contributed by atoms with Gasteiger partial charge in [-0.25, -0.2) is 4.79 Å². The summed E-state index contributed by atoms with van der Waals surface area (Å²) in [5.41, 5.74) is -0.722. The molecule has 0 aromatic heterocycles. The average molecular weight is 262 g/mol. The summed E-state index contributed by atoms with van der Waals surface area (Å²) in [4.78, 5) is 35.0. The lowest BCUT2D eigenvalue weighted by Crippen LogP contribution is -2.64. The number of nitrogens with one attached hydrogen (secondary N) is 2. The van der Waals surface area contributed by atoms with Crippen LogP contribution in [0.25, 0.3) is 0 Å². The van der Waals surface area contributed by atoms with Gasteiger partial charge in [0.2, 0.25) is 11.8 Å². The maximum Gasteiger partial charge on any atom is 0.328 e. The van der Waals surface area contributed by atoms with Gasteiger partial charge >= 0.3 is 6.03 Å². The zero-order valence-corrected chi connectivity index (χ0v) is 11.3. The van der Waals surface area contributed by atoms with Gasteiger partial charge in [-0.3, -0.25) is 20.2 Å². The Kier molecular flexibility index (Phi) is 4.80. The summed E-state index contributed by atoms with van der Waals surface area (Å²) in [5.74, 6) is -1.14. The number of amides is 4. The maximum absolute atomic E-state index is 12.0. The summed E-state index contributed by atoms with van der Waals surface area (Å²) in [6.07, 6.45) is 0.294. The Bertz CT molecular complexity index is 463. The quantitative estimate of drug-likeness (QED) is 0.797. The lowest BCUT2D eigenvalue weighted by molar-refractivity contribution is -0.138. The van der Waals surface area contributed by atoms with Gasteiger partial charge in [0, 0.05) is 0 Å². The number of carbonyl (C=O) groups is 3. The van der Waals surface area contributed by atoms with Crippen molar-refractivity contribution >= 4 is 17.8 Å². The van der Waals surface area contributed by atoms with Crippen LogP contribution in [0.15, 0.2) is 30.3 Å². The highest BCUT2D eigenvalue weighted by molar-refractivity contribution is 6.22. The second kappa shape index (κ2) is 6.13. The van der Waals surface area contributed by atoms with Crippen molar-refractivity contribution in [1.82, 2.24) is 10.6 Å². The van der Waals surface area contributed by atoms with E-state index in [1.54, 1.807) is 37.3 Å². The minimum Gasteiger partial charge on any atom is -0.277 e. The Hall–Kier alpha value is -2.17. The van der Waals surface area contributed by atoms with E-state index < -0.39 is 23.3 Å². The first-order chi connectivity index (χ1) is 9.11. The largest absolute Gasteiger partial charge is 0.328 e. The van der Waals surface area contributed by atoms with E-state index in [1.165, 1.54) is 0 Å². The molecule has 0 unspecified atom stereocenters. The van der Waals surface area contributed by atoms with Crippen LogP contribution in [0.3, 0.4) is 0 Å². The van der Waals surface area contributed by atoms with Crippen LogP contribution in [-0.2, 0) is 15.0 Å². The third-order valence-electron chi connectivity index (χ3n) is 3.03. The Labute approximate surface area is 112 Å². The van der Waals surface area contributed by atoms with Crippen molar-refractivity contribution in [3.63, 3.8) is 0 Å². The zero-order chi connectivity index (χ0) is 14.5. The molecule has 0 atom stereocenters. The molecular weight excluding hydrogens is 244 g/mol. The van der Waals surface area contributed by atoms with Crippen LogP contribution in [0.2, 0.25) is 0 Å². The number of rotatable bonds is 2. The molecule has 1 aromatic rings. The summed E-state index contributed by atoms with van der Waals surface area (Å²) in [7, 11) is 0. The standard InChI is InChI=1S/C12H12N2O3.C2H6/c1-2-12(8-6-4-3-5-7-8)9(15)13-11(17)14-10(12)16;1-2/h3-7H,2H2,1H3,(H2,13,14,15,16,17);1-2H3. The van der Waals surface area contributed by atoms with Crippen LogP contribution in [0.4, 0.5) is 4.79 Å². The van der Waals surface area contributed by atoms with E-state index in [0.29, 0.717) is 12.0 Å². The minimum atomic E-state index is -1.31. The van der Waals surface area contributed by atoms with Crippen LogP contribution >= 0.6 is 0 Å². The first kappa shape index (κ1) is 14.9. The van der Waals surface area contributed by atoms with E-state index in [-0.39, 0.29) is 0 Å². The summed E-state index contributed by atoms with van der Waals surface area (Å²) >= 11 is 0. The molecule has 5 nitrogen and oxygen atoms in total. The molecule has 0 spiro atoms. The molecule has 0 bridgehead atoms. The molecule has 2 rings (SSSR count). The molecule has 1 aromatic carbocycles.